The number of rotatable bonds is 42. The van der Waals surface area contributed by atoms with Crippen molar-refractivity contribution in [3.05, 3.63) is 48.6 Å². The van der Waals surface area contributed by atoms with Gasteiger partial charge in [-0.05, 0) is 38.5 Å². The molecule has 0 saturated heterocycles. The molecule has 0 rings (SSSR count). The number of allylic oxidation sites excluding steroid dienone is 8. The number of carbonyl (C=O) groups excluding carboxylic acids is 1. The molecule has 0 bridgehead atoms. The second kappa shape index (κ2) is 39.9. The van der Waals surface area contributed by atoms with Gasteiger partial charge in [-0.2, -0.15) is 0 Å². The van der Waals surface area contributed by atoms with Gasteiger partial charge in [-0.15, -0.1) is 0 Å². The summed E-state index contributed by atoms with van der Waals surface area (Å²) in [6.07, 6.45) is 50.3. The van der Waals surface area contributed by atoms with Crippen LogP contribution in [0.1, 0.15) is 200 Å². The van der Waals surface area contributed by atoms with Crippen LogP contribution >= 0.6 is 7.82 Å². The highest BCUT2D eigenvalue weighted by Crippen LogP contribution is 2.43. The summed E-state index contributed by atoms with van der Waals surface area (Å²) in [4.78, 5) is 23.1. The summed E-state index contributed by atoms with van der Waals surface area (Å²) in [6.45, 7) is 4.72. The zero-order valence-electron chi connectivity index (χ0n) is 37.8. The lowest BCUT2D eigenvalue weighted by Gasteiger charge is -2.26. The SMILES string of the molecule is CC/C=C\C/C=C\C/C=C\C/C=C\CCC(=O)NC(COP(=O)(O)OCC[N+](C)(C)C)C(O)CCCCCCCCCCCCCCCCCCCCCCCC. The highest BCUT2D eigenvalue weighted by molar-refractivity contribution is 7.47. The minimum Gasteiger partial charge on any atom is -0.391 e. The van der Waals surface area contributed by atoms with Crippen molar-refractivity contribution in [1.82, 2.24) is 5.32 Å². The first-order chi connectivity index (χ1) is 27.5. The molecule has 1 amide bonds. The van der Waals surface area contributed by atoms with Crippen LogP contribution in [0.3, 0.4) is 0 Å². The minimum atomic E-state index is -4.33. The zero-order valence-corrected chi connectivity index (χ0v) is 38.7. The fraction of sp³-hybridized carbons (Fsp3) is 0.812. The van der Waals surface area contributed by atoms with E-state index in [1.165, 1.54) is 122 Å². The molecule has 3 atom stereocenters. The second-order valence-corrected chi connectivity index (χ2v) is 18.6. The Morgan fingerprint density at radius 1 is 0.614 bits per heavy atom. The number of nitrogens with one attached hydrogen (secondary N) is 1. The van der Waals surface area contributed by atoms with Gasteiger partial charge < -0.3 is 19.8 Å². The Bertz CT molecular complexity index is 1070. The standard InChI is InChI=1S/C48H91N2O6P/c1-6-8-10-12-14-16-18-20-21-22-23-24-25-26-27-28-30-31-33-35-37-39-41-47(51)46(45-56-57(53,54)55-44-43-50(3,4)5)49-48(52)42-40-38-36-34-32-29-19-17-15-13-11-9-7-2/h9,11,15,17,29,32,36,38,46-47,51H,6-8,10,12-14,16,18-28,30-31,33-35,37,39-45H2,1-5H3,(H-,49,52,53,54)/p+1/b11-9-,17-15-,32-29-,38-36-. The molecule has 0 aromatic heterocycles. The maximum atomic E-state index is 12.8. The van der Waals surface area contributed by atoms with Crippen molar-refractivity contribution in [1.29, 1.82) is 0 Å². The number of unbranched alkanes of at least 4 members (excludes halogenated alkanes) is 21. The van der Waals surface area contributed by atoms with Crippen molar-refractivity contribution in [3.8, 4) is 0 Å². The van der Waals surface area contributed by atoms with E-state index in [2.05, 4.69) is 55.6 Å². The van der Waals surface area contributed by atoms with Gasteiger partial charge in [0.25, 0.3) is 0 Å². The molecule has 9 heteroatoms. The number of phosphoric acid groups is 1. The van der Waals surface area contributed by atoms with Crippen LogP contribution in [-0.2, 0) is 18.4 Å². The molecule has 3 N–H and O–H groups in total. The summed E-state index contributed by atoms with van der Waals surface area (Å²) in [5.41, 5.74) is 0. The number of carbonyl (C=O) groups is 1. The number of aliphatic hydroxyl groups excluding tert-OH is 1. The Labute approximate surface area is 352 Å². The monoisotopic (exact) mass is 824 g/mol. The fourth-order valence-corrected chi connectivity index (χ4v) is 7.38. The molecule has 0 radical (unpaired) electrons. The van der Waals surface area contributed by atoms with Crippen molar-refractivity contribution in [3.63, 3.8) is 0 Å². The minimum absolute atomic E-state index is 0.0607. The summed E-state index contributed by atoms with van der Waals surface area (Å²) >= 11 is 0. The zero-order chi connectivity index (χ0) is 42.1. The number of aliphatic hydroxyl groups is 1. The molecule has 0 fully saturated rings. The van der Waals surface area contributed by atoms with E-state index >= 15 is 0 Å². The Balaban J connectivity index is 4.32. The highest BCUT2D eigenvalue weighted by atomic mass is 31.2. The number of nitrogens with zero attached hydrogens (tertiary/aromatic N) is 1. The highest BCUT2D eigenvalue weighted by Gasteiger charge is 2.28. The number of amides is 1. The van der Waals surface area contributed by atoms with Crippen LogP contribution < -0.4 is 5.32 Å². The molecular weight excluding hydrogens is 732 g/mol. The van der Waals surface area contributed by atoms with Crippen LogP contribution in [0.15, 0.2) is 48.6 Å². The molecule has 57 heavy (non-hydrogen) atoms. The van der Waals surface area contributed by atoms with Crippen LogP contribution in [0.2, 0.25) is 0 Å². The van der Waals surface area contributed by atoms with E-state index in [1.54, 1.807) is 0 Å². The molecule has 334 valence electrons. The van der Waals surface area contributed by atoms with Crippen LogP contribution in [0.4, 0.5) is 0 Å². The van der Waals surface area contributed by atoms with Gasteiger partial charge in [0.15, 0.2) is 0 Å². The Hall–Kier alpha value is -1.54. The van der Waals surface area contributed by atoms with E-state index in [4.69, 9.17) is 9.05 Å². The van der Waals surface area contributed by atoms with Crippen LogP contribution in [0, 0.1) is 0 Å². The van der Waals surface area contributed by atoms with Gasteiger partial charge in [0.1, 0.15) is 13.2 Å². The Morgan fingerprint density at radius 3 is 1.44 bits per heavy atom. The molecule has 0 aromatic carbocycles. The van der Waals surface area contributed by atoms with Crippen LogP contribution in [0.5, 0.6) is 0 Å². The molecule has 0 heterocycles. The van der Waals surface area contributed by atoms with Crippen molar-refractivity contribution in [2.75, 3.05) is 40.9 Å². The van der Waals surface area contributed by atoms with E-state index in [0.29, 0.717) is 23.9 Å². The third-order valence-corrected chi connectivity index (χ3v) is 11.3. The van der Waals surface area contributed by atoms with E-state index in [-0.39, 0.29) is 25.5 Å². The summed E-state index contributed by atoms with van der Waals surface area (Å²) in [5.74, 6) is -0.224. The van der Waals surface area contributed by atoms with Crippen LogP contribution in [0.25, 0.3) is 0 Å². The van der Waals surface area contributed by atoms with Gasteiger partial charge in [0.05, 0.1) is 39.9 Å². The maximum Gasteiger partial charge on any atom is 0.472 e. The smallest absolute Gasteiger partial charge is 0.391 e. The number of hydrogen-bond acceptors (Lipinski definition) is 5. The number of quaternary nitrogens is 1. The van der Waals surface area contributed by atoms with E-state index in [1.807, 2.05) is 33.3 Å². The molecule has 0 saturated carbocycles. The summed E-state index contributed by atoms with van der Waals surface area (Å²) in [5, 5.41) is 13.9. The fourth-order valence-electron chi connectivity index (χ4n) is 6.65. The van der Waals surface area contributed by atoms with E-state index in [0.717, 1.165) is 44.9 Å². The van der Waals surface area contributed by atoms with Gasteiger partial charge in [-0.1, -0.05) is 204 Å². The molecular formula is C48H92N2O6P+. The van der Waals surface area contributed by atoms with Gasteiger partial charge in [-0.3, -0.25) is 13.8 Å². The first-order valence-electron chi connectivity index (χ1n) is 23.5. The quantitative estimate of drug-likeness (QED) is 0.0245. The first kappa shape index (κ1) is 55.5. The maximum absolute atomic E-state index is 12.8. The normalized spacial score (nSPS) is 14.7. The number of likely N-dealkylation sites (N-methyl/N-ethyl adjacent to an activating group) is 1. The Morgan fingerprint density at radius 2 is 1.02 bits per heavy atom. The van der Waals surface area contributed by atoms with Crippen molar-refractivity contribution in [2.45, 2.75) is 212 Å². The first-order valence-corrected chi connectivity index (χ1v) is 25.0. The Kier molecular flexibility index (Phi) is 38.8. The predicted molar refractivity (Wildman–Crippen MR) is 244 cm³/mol. The van der Waals surface area contributed by atoms with Crippen molar-refractivity contribution in [2.24, 2.45) is 0 Å². The van der Waals surface area contributed by atoms with Gasteiger partial charge >= 0.3 is 7.82 Å². The molecule has 8 nitrogen and oxygen atoms in total. The van der Waals surface area contributed by atoms with Crippen molar-refractivity contribution < 1.29 is 32.9 Å². The summed E-state index contributed by atoms with van der Waals surface area (Å²) < 4.78 is 23.6. The summed E-state index contributed by atoms with van der Waals surface area (Å²) in [6, 6.07) is -0.799. The summed E-state index contributed by atoms with van der Waals surface area (Å²) in [7, 11) is 1.57. The number of phosphoric ester groups is 1. The number of hydrogen-bond donors (Lipinski definition) is 3. The average molecular weight is 824 g/mol. The molecule has 3 unspecified atom stereocenters. The molecule has 0 aliphatic heterocycles. The van der Waals surface area contributed by atoms with Crippen molar-refractivity contribution >= 4 is 13.7 Å². The van der Waals surface area contributed by atoms with Gasteiger partial charge in [-0.25, -0.2) is 4.57 Å². The third kappa shape index (κ3) is 42.4. The second-order valence-electron chi connectivity index (χ2n) is 17.1. The predicted octanol–water partition coefficient (Wildman–Crippen LogP) is 13.2. The molecule has 0 aromatic rings. The third-order valence-electron chi connectivity index (χ3n) is 10.4. The topological polar surface area (TPSA) is 105 Å². The van der Waals surface area contributed by atoms with E-state index in [9.17, 15) is 19.4 Å². The molecule has 0 spiro atoms. The van der Waals surface area contributed by atoms with Gasteiger partial charge in [0.2, 0.25) is 5.91 Å². The van der Waals surface area contributed by atoms with E-state index < -0.39 is 20.0 Å². The molecule has 0 aliphatic rings. The lowest BCUT2D eigenvalue weighted by molar-refractivity contribution is -0.870. The average Bonchev–Trinajstić information content (AvgIpc) is 3.16. The lowest BCUT2D eigenvalue weighted by Crippen LogP contribution is -2.46. The molecule has 0 aliphatic carbocycles. The lowest BCUT2D eigenvalue weighted by atomic mass is 10.0. The van der Waals surface area contributed by atoms with Crippen LogP contribution in [-0.4, -0.2) is 73.4 Å². The van der Waals surface area contributed by atoms with Gasteiger partial charge in [0, 0.05) is 6.42 Å². The largest absolute Gasteiger partial charge is 0.472 e.